The Labute approximate surface area is 155 Å². The fourth-order valence-electron chi connectivity index (χ4n) is 2.58. The molecule has 0 spiro atoms. The van der Waals surface area contributed by atoms with Crippen molar-refractivity contribution in [3.63, 3.8) is 0 Å². The Kier molecular flexibility index (Phi) is 5.67. The van der Waals surface area contributed by atoms with Crippen molar-refractivity contribution in [3.8, 4) is 11.5 Å². The van der Waals surface area contributed by atoms with Gasteiger partial charge >= 0.3 is 0 Å². The fourth-order valence-corrected chi connectivity index (χ4v) is 3.12. The van der Waals surface area contributed by atoms with Crippen LogP contribution in [0.25, 0.3) is 0 Å². The molecule has 0 unspecified atom stereocenters. The van der Waals surface area contributed by atoms with Crippen LogP contribution in [0.3, 0.4) is 0 Å². The van der Waals surface area contributed by atoms with Gasteiger partial charge in [0.1, 0.15) is 17.1 Å². The number of quaternary nitrogens is 1. The highest BCUT2D eigenvalue weighted by molar-refractivity contribution is 9.10. The Bertz CT molecular complexity index is 778. The van der Waals surface area contributed by atoms with Crippen LogP contribution in [-0.2, 0) is 0 Å². The Hall–Kier alpha value is -1.96. The van der Waals surface area contributed by atoms with Crippen molar-refractivity contribution >= 4 is 33.1 Å². The van der Waals surface area contributed by atoms with Crippen molar-refractivity contribution in [3.05, 3.63) is 40.6 Å². The van der Waals surface area contributed by atoms with Crippen LogP contribution in [0.5, 0.6) is 11.5 Å². The maximum absolute atomic E-state index is 11.7. The van der Waals surface area contributed by atoms with E-state index in [1.807, 2.05) is 19.2 Å². The molecule has 0 saturated heterocycles. The van der Waals surface area contributed by atoms with Gasteiger partial charge in [0.2, 0.25) is 0 Å². The number of benzene rings is 1. The van der Waals surface area contributed by atoms with Crippen LogP contribution in [0.1, 0.15) is 30.3 Å². The van der Waals surface area contributed by atoms with E-state index in [2.05, 4.69) is 37.1 Å². The molecule has 25 heavy (non-hydrogen) atoms. The highest BCUT2D eigenvalue weighted by Crippen LogP contribution is 2.39. The van der Waals surface area contributed by atoms with Crippen LogP contribution >= 0.6 is 15.9 Å². The first kappa shape index (κ1) is 17.8. The normalized spacial score (nSPS) is 13.6. The third kappa shape index (κ3) is 4.36. The number of carbonyl (C=O) groups excluding carboxylic acids is 1. The molecule has 6 nitrogen and oxygen atoms in total. The minimum atomic E-state index is -0.130. The number of nitrogens with one attached hydrogen (secondary N) is 2. The summed E-state index contributed by atoms with van der Waals surface area (Å²) in [6, 6.07) is 7.42. The van der Waals surface area contributed by atoms with E-state index in [1.54, 1.807) is 18.3 Å². The summed E-state index contributed by atoms with van der Waals surface area (Å²) >= 11 is 3.62. The average Bonchev–Trinajstić information content (AvgIpc) is 3.42. The summed E-state index contributed by atoms with van der Waals surface area (Å²) in [5.74, 6) is 1.76. The molecule has 1 aromatic carbocycles. The van der Waals surface area contributed by atoms with Crippen molar-refractivity contribution in [2.45, 2.75) is 19.8 Å². The van der Waals surface area contributed by atoms with Gasteiger partial charge in [-0.1, -0.05) is 0 Å². The number of ether oxygens (including phenoxy) is 1. The van der Waals surface area contributed by atoms with Crippen LogP contribution < -0.4 is 20.9 Å². The molecular weight excluding hydrogens is 384 g/mol. The van der Waals surface area contributed by atoms with Gasteiger partial charge < -0.3 is 15.5 Å². The molecule has 0 bridgehead atoms. The topological polar surface area (TPSA) is 79.9 Å². The molecule has 1 aromatic heterocycles. The smallest absolute Gasteiger partial charge is 0.181 e. The summed E-state index contributed by atoms with van der Waals surface area (Å²) in [4.78, 5) is 15.9. The van der Waals surface area contributed by atoms with E-state index in [-0.39, 0.29) is 5.78 Å². The maximum atomic E-state index is 11.7. The summed E-state index contributed by atoms with van der Waals surface area (Å²) in [5.41, 5.74) is 8.47. The first-order valence-corrected chi connectivity index (χ1v) is 9.11. The second-order valence-corrected chi connectivity index (χ2v) is 6.90. The predicted molar refractivity (Wildman–Crippen MR) is 100 cm³/mol. The minimum absolute atomic E-state index is 0.130. The van der Waals surface area contributed by atoms with Gasteiger partial charge in [-0.25, -0.2) is 10.4 Å². The fraction of sp³-hybridized carbons (Fsp3) is 0.333. The largest absolute Gasteiger partial charge is 0.454 e. The SMILES string of the molecule is CNNc1c([NH2+]CC2CC2)ccc(Oc2cccnc2C(C)=O)c1Br. The third-order valence-electron chi connectivity index (χ3n) is 4.08. The van der Waals surface area contributed by atoms with Gasteiger partial charge in [-0.3, -0.25) is 4.79 Å². The van der Waals surface area contributed by atoms with E-state index in [0.717, 1.165) is 28.3 Å². The number of carbonyl (C=O) groups is 1. The van der Waals surface area contributed by atoms with Crippen LogP contribution in [0.15, 0.2) is 34.9 Å². The number of nitrogens with zero attached hydrogens (tertiary/aromatic N) is 1. The summed E-state index contributed by atoms with van der Waals surface area (Å²) < 4.78 is 6.77. The first-order valence-electron chi connectivity index (χ1n) is 8.32. The van der Waals surface area contributed by atoms with Gasteiger partial charge in [-0.05, 0) is 47.0 Å². The monoisotopic (exact) mass is 405 g/mol. The van der Waals surface area contributed by atoms with Crippen molar-refractivity contribution in [2.24, 2.45) is 5.92 Å². The minimum Gasteiger partial charge on any atom is -0.454 e. The molecule has 7 heteroatoms. The number of nitrogens with two attached hydrogens (primary N) is 1. The van der Waals surface area contributed by atoms with E-state index in [1.165, 1.54) is 19.8 Å². The number of aromatic nitrogens is 1. The summed E-state index contributed by atoms with van der Waals surface area (Å²) in [6.45, 7) is 2.57. The lowest BCUT2D eigenvalue weighted by atomic mass is 10.2. The molecule has 3 rings (SSSR count). The molecule has 4 N–H and O–H groups in total. The summed E-state index contributed by atoms with van der Waals surface area (Å²) in [7, 11) is 1.82. The number of pyridine rings is 1. The van der Waals surface area contributed by atoms with E-state index in [9.17, 15) is 4.79 Å². The van der Waals surface area contributed by atoms with E-state index in [0.29, 0.717) is 17.2 Å². The molecule has 1 aliphatic rings. The zero-order valence-electron chi connectivity index (χ0n) is 14.3. The van der Waals surface area contributed by atoms with Crippen LogP contribution in [-0.4, -0.2) is 24.4 Å². The quantitative estimate of drug-likeness (QED) is 0.357. The highest BCUT2D eigenvalue weighted by Gasteiger charge is 2.25. The molecule has 1 fully saturated rings. The third-order valence-corrected chi connectivity index (χ3v) is 4.87. The molecule has 132 valence electrons. The predicted octanol–water partition coefficient (Wildman–Crippen LogP) is 2.99. The molecule has 0 atom stereocenters. The standard InChI is InChI=1S/C18H21BrN4O2/c1-11(24)17-15(4-3-9-21-17)25-14-8-7-13(22-10-12-5-6-12)18(16(14)19)23-20-2/h3-4,7-9,12,20,22-23H,5-6,10H2,1-2H3/p+1. The molecule has 0 aliphatic heterocycles. The Balaban J connectivity index is 1.88. The zero-order chi connectivity index (χ0) is 17.8. The van der Waals surface area contributed by atoms with Gasteiger partial charge in [0.05, 0.1) is 11.0 Å². The lowest BCUT2D eigenvalue weighted by molar-refractivity contribution is -0.574. The molecular formula is C18H22BrN4O2+. The Morgan fingerprint density at radius 3 is 2.84 bits per heavy atom. The number of hydrogen-bond acceptors (Lipinski definition) is 5. The van der Waals surface area contributed by atoms with Crippen molar-refractivity contribution in [2.75, 3.05) is 19.0 Å². The van der Waals surface area contributed by atoms with E-state index >= 15 is 0 Å². The van der Waals surface area contributed by atoms with Crippen molar-refractivity contribution < 1.29 is 14.8 Å². The van der Waals surface area contributed by atoms with Gasteiger partial charge in [-0.15, -0.1) is 0 Å². The zero-order valence-corrected chi connectivity index (χ0v) is 15.9. The van der Waals surface area contributed by atoms with Crippen LogP contribution in [0, 0.1) is 5.92 Å². The van der Waals surface area contributed by atoms with Crippen molar-refractivity contribution in [1.29, 1.82) is 0 Å². The number of ketones is 1. The Morgan fingerprint density at radius 2 is 2.16 bits per heavy atom. The number of Topliss-reactive ketones (excluding diaryl/α,β-unsaturated/α-hetero) is 1. The lowest BCUT2D eigenvalue weighted by Gasteiger charge is -2.15. The number of hydrogen-bond donors (Lipinski definition) is 3. The number of rotatable bonds is 8. The Morgan fingerprint density at radius 1 is 1.36 bits per heavy atom. The highest BCUT2D eigenvalue weighted by atomic mass is 79.9. The first-order chi connectivity index (χ1) is 12.1. The molecule has 0 amide bonds. The van der Waals surface area contributed by atoms with Crippen molar-refractivity contribution in [1.82, 2.24) is 10.4 Å². The van der Waals surface area contributed by atoms with Gasteiger partial charge in [0.15, 0.2) is 17.2 Å². The van der Waals surface area contributed by atoms with Crippen LogP contribution in [0.4, 0.5) is 11.4 Å². The second kappa shape index (κ2) is 7.95. The molecule has 2 aromatic rings. The summed E-state index contributed by atoms with van der Waals surface area (Å²) in [5, 5.41) is 2.25. The molecule has 1 saturated carbocycles. The average molecular weight is 406 g/mol. The number of anilines is 1. The molecule has 1 aliphatic carbocycles. The van der Waals surface area contributed by atoms with Gasteiger partial charge in [0.25, 0.3) is 0 Å². The number of hydrazine groups is 1. The summed E-state index contributed by atoms with van der Waals surface area (Å²) in [6.07, 6.45) is 4.23. The molecule has 1 heterocycles. The number of halogens is 1. The van der Waals surface area contributed by atoms with E-state index in [4.69, 9.17) is 4.74 Å². The lowest BCUT2D eigenvalue weighted by Crippen LogP contribution is -2.78. The van der Waals surface area contributed by atoms with Gasteiger partial charge in [-0.2, -0.15) is 0 Å². The van der Waals surface area contributed by atoms with Crippen LogP contribution in [0.2, 0.25) is 0 Å². The van der Waals surface area contributed by atoms with Gasteiger partial charge in [0, 0.05) is 32.2 Å². The maximum Gasteiger partial charge on any atom is 0.181 e. The second-order valence-electron chi connectivity index (χ2n) is 6.11. The molecule has 0 radical (unpaired) electrons. The van der Waals surface area contributed by atoms with E-state index < -0.39 is 0 Å².